The average molecular weight is 316 g/mol. The summed E-state index contributed by atoms with van der Waals surface area (Å²) in [6.45, 7) is 3.79. The minimum Gasteiger partial charge on any atom is -0.348 e. The second-order valence-electron chi connectivity index (χ2n) is 5.06. The van der Waals surface area contributed by atoms with Crippen molar-refractivity contribution in [3.05, 3.63) is 34.4 Å². The minimum atomic E-state index is -3.83. The number of non-ortho nitro benzene ring substituents is 1. The number of nitrogens with zero attached hydrogens (tertiary/aromatic N) is 1. The lowest BCUT2D eigenvalue weighted by atomic mass is 10.3. The SMILES string of the molecule is CC1(C)OCC(CNS(=O)(=O)c2cccc([N+](=O)[O-])c2)O1. The Morgan fingerprint density at radius 2 is 2.19 bits per heavy atom. The molecular weight excluding hydrogens is 300 g/mol. The molecule has 1 aromatic carbocycles. The van der Waals surface area contributed by atoms with E-state index in [1.165, 1.54) is 18.2 Å². The second-order valence-corrected chi connectivity index (χ2v) is 6.82. The van der Waals surface area contributed by atoms with E-state index in [1.807, 2.05) is 0 Å². The van der Waals surface area contributed by atoms with Crippen LogP contribution in [0.2, 0.25) is 0 Å². The molecule has 1 atom stereocenters. The summed E-state index contributed by atoms with van der Waals surface area (Å²) in [7, 11) is -3.83. The molecule has 1 aliphatic rings. The van der Waals surface area contributed by atoms with Gasteiger partial charge < -0.3 is 9.47 Å². The van der Waals surface area contributed by atoms with E-state index in [9.17, 15) is 18.5 Å². The highest BCUT2D eigenvalue weighted by Crippen LogP contribution is 2.22. The van der Waals surface area contributed by atoms with Crippen molar-refractivity contribution in [1.82, 2.24) is 4.72 Å². The molecule has 1 aromatic rings. The molecule has 1 fully saturated rings. The van der Waals surface area contributed by atoms with Gasteiger partial charge in [0.15, 0.2) is 5.79 Å². The third-order valence-electron chi connectivity index (χ3n) is 2.91. The van der Waals surface area contributed by atoms with E-state index in [0.29, 0.717) is 0 Å². The van der Waals surface area contributed by atoms with Crippen molar-refractivity contribution in [1.29, 1.82) is 0 Å². The monoisotopic (exact) mass is 316 g/mol. The van der Waals surface area contributed by atoms with Crippen LogP contribution in [0, 0.1) is 10.1 Å². The fourth-order valence-electron chi connectivity index (χ4n) is 1.91. The Labute approximate surface area is 122 Å². The van der Waals surface area contributed by atoms with E-state index in [0.717, 1.165) is 6.07 Å². The summed E-state index contributed by atoms with van der Waals surface area (Å²) in [4.78, 5) is 9.87. The van der Waals surface area contributed by atoms with Gasteiger partial charge in [-0.3, -0.25) is 10.1 Å². The maximum Gasteiger partial charge on any atom is 0.270 e. The maximum atomic E-state index is 12.1. The summed E-state index contributed by atoms with van der Waals surface area (Å²) in [6, 6.07) is 4.87. The molecule has 0 amide bonds. The lowest BCUT2D eigenvalue weighted by Crippen LogP contribution is -2.34. The van der Waals surface area contributed by atoms with Crippen LogP contribution in [0.1, 0.15) is 13.8 Å². The molecule has 1 saturated heterocycles. The largest absolute Gasteiger partial charge is 0.348 e. The van der Waals surface area contributed by atoms with Crippen LogP contribution in [-0.2, 0) is 19.5 Å². The molecule has 2 rings (SSSR count). The van der Waals surface area contributed by atoms with Crippen molar-refractivity contribution in [2.45, 2.75) is 30.6 Å². The predicted molar refractivity (Wildman–Crippen MR) is 73.2 cm³/mol. The summed E-state index contributed by atoms with van der Waals surface area (Å²) >= 11 is 0. The quantitative estimate of drug-likeness (QED) is 0.642. The zero-order chi connectivity index (χ0) is 15.7. The van der Waals surface area contributed by atoms with Crippen molar-refractivity contribution in [2.24, 2.45) is 0 Å². The van der Waals surface area contributed by atoms with Crippen LogP contribution in [-0.4, -0.2) is 38.4 Å². The first kappa shape index (κ1) is 15.8. The lowest BCUT2D eigenvalue weighted by molar-refractivity contribution is -0.385. The van der Waals surface area contributed by atoms with Crippen molar-refractivity contribution in [2.75, 3.05) is 13.2 Å². The van der Waals surface area contributed by atoms with Gasteiger partial charge >= 0.3 is 0 Å². The number of benzene rings is 1. The molecule has 8 nitrogen and oxygen atoms in total. The highest BCUT2D eigenvalue weighted by Gasteiger charge is 2.33. The third kappa shape index (κ3) is 3.97. The molecule has 0 saturated carbocycles. The first-order valence-corrected chi connectivity index (χ1v) is 7.74. The Morgan fingerprint density at radius 1 is 1.48 bits per heavy atom. The highest BCUT2D eigenvalue weighted by molar-refractivity contribution is 7.89. The van der Waals surface area contributed by atoms with Gasteiger partial charge in [0.05, 0.1) is 22.5 Å². The molecule has 1 N–H and O–H groups in total. The van der Waals surface area contributed by atoms with Crippen molar-refractivity contribution >= 4 is 15.7 Å². The number of ether oxygens (including phenoxy) is 2. The topological polar surface area (TPSA) is 108 Å². The molecule has 116 valence electrons. The third-order valence-corrected chi connectivity index (χ3v) is 4.33. The van der Waals surface area contributed by atoms with Crippen LogP contribution < -0.4 is 4.72 Å². The first-order valence-electron chi connectivity index (χ1n) is 6.25. The van der Waals surface area contributed by atoms with E-state index in [2.05, 4.69) is 4.72 Å². The number of sulfonamides is 1. The number of nitrogens with one attached hydrogen (secondary N) is 1. The molecule has 0 radical (unpaired) electrons. The van der Waals surface area contributed by atoms with Gasteiger partial charge in [-0.2, -0.15) is 0 Å². The Morgan fingerprint density at radius 3 is 2.76 bits per heavy atom. The molecule has 1 unspecified atom stereocenters. The van der Waals surface area contributed by atoms with Crippen LogP contribution in [0.3, 0.4) is 0 Å². The van der Waals surface area contributed by atoms with E-state index >= 15 is 0 Å². The van der Waals surface area contributed by atoms with Gasteiger partial charge in [-0.1, -0.05) is 6.07 Å². The van der Waals surface area contributed by atoms with Crippen LogP contribution in [0.15, 0.2) is 29.2 Å². The second kappa shape index (κ2) is 5.68. The van der Waals surface area contributed by atoms with Gasteiger partial charge in [0.25, 0.3) is 5.69 Å². The van der Waals surface area contributed by atoms with Crippen LogP contribution >= 0.6 is 0 Å². The number of nitro benzene ring substituents is 1. The van der Waals surface area contributed by atoms with Crippen LogP contribution in [0.25, 0.3) is 0 Å². The Balaban J connectivity index is 2.05. The lowest BCUT2D eigenvalue weighted by Gasteiger charge is -2.17. The Bertz CT molecular complexity index is 643. The summed E-state index contributed by atoms with van der Waals surface area (Å²) in [6.07, 6.45) is -0.395. The molecule has 21 heavy (non-hydrogen) atoms. The standard InChI is InChI=1S/C12H16N2O6S/c1-12(2)19-8-10(20-12)7-13-21(17,18)11-5-3-4-9(6-11)14(15)16/h3-6,10,13H,7-8H2,1-2H3. The van der Waals surface area contributed by atoms with Crippen LogP contribution in [0.4, 0.5) is 5.69 Å². The number of hydrogen-bond acceptors (Lipinski definition) is 6. The molecule has 9 heteroatoms. The smallest absolute Gasteiger partial charge is 0.270 e. The molecule has 1 heterocycles. The minimum absolute atomic E-state index is 0.0362. The molecule has 0 spiro atoms. The maximum absolute atomic E-state index is 12.1. The van der Waals surface area contributed by atoms with E-state index < -0.39 is 26.8 Å². The molecule has 0 aliphatic carbocycles. The number of nitro groups is 1. The van der Waals surface area contributed by atoms with Crippen molar-refractivity contribution < 1.29 is 22.8 Å². The summed E-state index contributed by atoms with van der Waals surface area (Å²) < 4.78 is 37.4. The first-order chi connectivity index (χ1) is 9.70. The van der Waals surface area contributed by atoms with Gasteiger partial charge in [0.1, 0.15) is 0 Å². The fourth-order valence-corrected chi connectivity index (χ4v) is 3.02. The van der Waals surface area contributed by atoms with Gasteiger partial charge in [-0.25, -0.2) is 13.1 Å². The van der Waals surface area contributed by atoms with Crippen LogP contribution in [0.5, 0.6) is 0 Å². The molecule has 1 aliphatic heterocycles. The molecular formula is C12H16N2O6S. The Hall–Kier alpha value is -1.55. The summed E-state index contributed by atoms with van der Waals surface area (Å²) in [5, 5.41) is 10.7. The van der Waals surface area contributed by atoms with Gasteiger partial charge in [-0.05, 0) is 19.9 Å². The van der Waals surface area contributed by atoms with E-state index in [-0.39, 0.29) is 23.7 Å². The van der Waals surface area contributed by atoms with Crippen molar-refractivity contribution in [3.63, 3.8) is 0 Å². The predicted octanol–water partition coefficient (Wildman–Crippen LogP) is 1.02. The van der Waals surface area contributed by atoms with E-state index in [4.69, 9.17) is 9.47 Å². The number of hydrogen-bond donors (Lipinski definition) is 1. The normalized spacial score (nSPS) is 21.3. The van der Waals surface area contributed by atoms with Gasteiger partial charge in [-0.15, -0.1) is 0 Å². The number of rotatable bonds is 5. The zero-order valence-corrected chi connectivity index (χ0v) is 12.4. The molecule has 0 aromatic heterocycles. The fraction of sp³-hybridized carbons (Fsp3) is 0.500. The van der Waals surface area contributed by atoms with Crippen molar-refractivity contribution in [3.8, 4) is 0 Å². The highest BCUT2D eigenvalue weighted by atomic mass is 32.2. The Kier molecular flexibility index (Phi) is 4.28. The summed E-state index contributed by atoms with van der Waals surface area (Å²) in [5.74, 6) is -0.734. The summed E-state index contributed by atoms with van der Waals surface area (Å²) in [5.41, 5.74) is -0.278. The van der Waals surface area contributed by atoms with E-state index in [1.54, 1.807) is 13.8 Å². The zero-order valence-electron chi connectivity index (χ0n) is 11.6. The molecule has 0 bridgehead atoms. The van der Waals surface area contributed by atoms with Gasteiger partial charge in [0, 0.05) is 18.7 Å². The average Bonchev–Trinajstić information content (AvgIpc) is 2.76. The van der Waals surface area contributed by atoms with Gasteiger partial charge in [0.2, 0.25) is 10.0 Å².